The summed E-state index contributed by atoms with van der Waals surface area (Å²) < 4.78 is 0. The summed E-state index contributed by atoms with van der Waals surface area (Å²) in [5.74, 6) is 1.19. The largest absolute Gasteiger partial charge is 0.356 e. The first-order chi connectivity index (χ1) is 11.7. The molecule has 5 nitrogen and oxygen atoms in total. The molecule has 1 aliphatic rings. The van der Waals surface area contributed by atoms with Crippen molar-refractivity contribution >= 4 is 11.7 Å². The molecule has 1 N–H and O–H groups in total. The predicted octanol–water partition coefficient (Wildman–Crippen LogP) is 2.36. The van der Waals surface area contributed by atoms with Gasteiger partial charge >= 0.3 is 0 Å². The Bertz CT molecular complexity index is 666. The zero-order valence-electron chi connectivity index (χ0n) is 14.1. The number of hydrogen-bond donors (Lipinski definition) is 1. The second-order valence-electron chi connectivity index (χ2n) is 6.29. The molecule has 0 atom stereocenters. The van der Waals surface area contributed by atoms with Crippen LogP contribution in [0.1, 0.15) is 24.0 Å². The maximum Gasteiger partial charge on any atom is 0.223 e. The summed E-state index contributed by atoms with van der Waals surface area (Å²) in [6, 6.07) is 8.33. The standard InChI is InChI=1S/C19H24N4O/c1-15-4-2-3-5-16(15)6-9-22-19(24)17-7-12-23(13-8-17)18-14-20-10-11-21-18/h2-5,10-11,14,17H,6-9,12-13H2,1H3,(H,22,24). The molecule has 126 valence electrons. The van der Waals surface area contributed by atoms with Gasteiger partial charge < -0.3 is 10.2 Å². The van der Waals surface area contributed by atoms with Gasteiger partial charge in [-0.05, 0) is 37.3 Å². The summed E-state index contributed by atoms with van der Waals surface area (Å²) in [4.78, 5) is 23.0. The predicted molar refractivity (Wildman–Crippen MR) is 94.9 cm³/mol. The van der Waals surface area contributed by atoms with Crippen molar-refractivity contribution in [3.05, 3.63) is 54.0 Å². The van der Waals surface area contributed by atoms with E-state index in [4.69, 9.17) is 0 Å². The number of hydrogen-bond acceptors (Lipinski definition) is 4. The Kier molecular flexibility index (Phi) is 5.41. The summed E-state index contributed by atoms with van der Waals surface area (Å²) in [6.07, 6.45) is 7.79. The number of aromatic nitrogens is 2. The van der Waals surface area contributed by atoms with E-state index < -0.39 is 0 Å². The van der Waals surface area contributed by atoms with Crippen molar-refractivity contribution in [2.75, 3.05) is 24.5 Å². The third-order valence-electron chi connectivity index (χ3n) is 4.69. The number of benzene rings is 1. The first kappa shape index (κ1) is 16.4. The molecule has 0 bridgehead atoms. The second-order valence-corrected chi connectivity index (χ2v) is 6.29. The van der Waals surface area contributed by atoms with Crippen LogP contribution in [0.5, 0.6) is 0 Å². The highest BCUT2D eigenvalue weighted by Crippen LogP contribution is 2.21. The minimum Gasteiger partial charge on any atom is -0.356 e. The van der Waals surface area contributed by atoms with Gasteiger partial charge in [0.15, 0.2) is 0 Å². The third-order valence-corrected chi connectivity index (χ3v) is 4.69. The zero-order chi connectivity index (χ0) is 16.8. The van der Waals surface area contributed by atoms with Crippen LogP contribution in [-0.4, -0.2) is 35.5 Å². The number of aryl methyl sites for hydroxylation is 1. The molecular weight excluding hydrogens is 300 g/mol. The summed E-state index contributed by atoms with van der Waals surface area (Å²) in [5.41, 5.74) is 2.58. The Balaban J connectivity index is 1.43. The van der Waals surface area contributed by atoms with Gasteiger partial charge in [-0.1, -0.05) is 24.3 Å². The van der Waals surface area contributed by atoms with Gasteiger partial charge in [0.05, 0.1) is 6.20 Å². The van der Waals surface area contributed by atoms with Gasteiger partial charge in [0.25, 0.3) is 0 Å². The minimum absolute atomic E-state index is 0.106. The van der Waals surface area contributed by atoms with Crippen LogP contribution in [0.4, 0.5) is 5.82 Å². The van der Waals surface area contributed by atoms with Crippen molar-refractivity contribution in [3.63, 3.8) is 0 Å². The number of piperidine rings is 1. The molecule has 1 saturated heterocycles. The fourth-order valence-electron chi connectivity index (χ4n) is 3.18. The van der Waals surface area contributed by atoms with Crippen LogP contribution in [0.3, 0.4) is 0 Å². The first-order valence-corrected chi connectivity index (χ1v) is 8.57. The number of nitrogens with one attached hydrogen (secondary N) is 1. The highest BCUT2D eigenvalue weighted by atomic mass is 16.1. The molecule has 1 amide bonds. The van der Waals surface area contributed by atoms with Gasteiger partial charge in [-0.3, -0.25) is 9.78 Å². The van der Waals surface area contributed by atoms with Crippen molar-refractivity contribution in [3.8, 4) is 0 Å². The lowest BCUT2D eigenvalue weighted by Crippen LogP contribution is -2.41. The molecule has 3 rings (SSSR count). The third kappa shape index (κ3) is 4.10. The number of nitrogens with zero attached hydrogens (tertiary/aromatic N) is 3. The number of anilines is 1. The highest BCUT2D eigenvalue weighted by Gasteiger charge is 2.25. The normalized spacial score (nSPS) is 15.3. The summed E-state index contributed by atoms with van der Waals surface area (Å²) in [5, 5.41) is 3.10. The van der Waals surface area contributed by atoms with Crippen molar-refractivity contribution in [2.24, 2.45) is 5.92 Å². The lowest BCUT2D eigenvalue weighted by Gasteiger charge is -2.31. The Morgan fingerprint density at radius 3 is 2.75 bits per heavy atom. The average Bonchev–Trinajstić information content (AvgIpc) is 2.64. The lowest BCUT2D eigenvalue weighted by molar-refractivity contribution is -0.125. The van der Waals surface area contributed by atoms with E-state index in [2.05, 4.69) is 39.2 Å². The molecule has 0 spiro atoms. The van der Waals surface area contributed by atoms with E-state index in [0.29, 0.717) is 6.54 Å². The monoisotopic (exact) mass is 324 g/mol. The van der Waals surface area contributed by atoms with Crippen LogP contribution >= 0.6 is 0 Å². The molecule has 0 saturated carbocycles. The first-order valence-electron chi connectivity index (χ1n) is 8.57. The smallest absolute Gasteiger partial charge is 0.223 e. The zero-order valence-corrected chi connectivity index (χ0v) is 14.1. The maximum atomic E-state index is 12.4. The summed E-state index contributed by atoms with van der Waals surface area (Å²) in [6.45, 7) is 4.52. The minimum atomic E-state index is 0.106. The fraction of sp³-hybridized carbons (Fsp3) is 0.421. The maximum absolute atomic E-state index is 12.4. The van der Waals surface area contributed by atoms with Gasteiger partial charge in [-0.2, -0.15) is 0 Å². The Morgan fingerprint density at radius 1 is 1.25 bits per heavy atom. The Labute approximate surface area is 143 Å². The second kappa shape index (κ2) is 7.90. The van der Waals surface area contributed by atoms with Crippen LogP contribution in [0, 0.1) is 12.8 Å². The van der Waals surface area contributed by atoms with Gasteiger partial charge in [0.2, 0.25) is 5.91 Å². The van der Waals surface area contributed by atoms with Crippen LogP contribution in [0.25, 0.3) is 0 Å². The van der Waals surface area contributed by atoms with E-state index in [-0.39, 0.29) is 11.8 Å². The van der Waals surface area contributed by atoms with Crippen molar-refractivity contribution < 1.29 is 4.79 Å². The topological polar surface area (TPSA) is 58.1 Å². The van der Waals surface area contributed by atoms with Crippen LogP contribution < -0.4 is 10.2 Å². The quantitative estimate of drug-likeness (QED) is 0.917. The molecule has 1 aromatic heterocycles. The molecule has 1 fully saturated rings. The van der Waals surface area contributed by atoms with E-state index in [9.17, 15) is 4.79 Å². The van der Waals surface area contributed by atoms with Gasteiger partial charge in [-0.25, -0.2) is 4.98 Å². The summed E-state index contributed by atoms with van der Waals surface area (Å²) >= 11 is 0. The van der Waals surface area contributed by atoms with E-state index >= 15 is 0 Å². The average molecular weight is 324 g/mol. The van der Waals surface area contributed by atoms with Crippen molar-refractivity contribution in [2.45, 2.75) is 26.2 Å². The summed E-state index contributed by atoms with van der Waals surface area (Å²) in [7, 11) is 0. The van der Waals surface area contributed by atoms with E-state index in [1.807, 2.05) is 12.1 Å². The van der Waals surface area contributed by atoms with Gasteiger partial charge in [0, 0.05) is 37.9 Å². The molecule has 0 aliphatic carbocycles. The number of carbonyl (C=O) groups excluding carboxylic acids is 1. The Hall–Kier alpha value is -2.43. The molecule has 1 aromatic carbocycles. The number of rotatable bonds is 5. The van der Waals surface area contributed by atoms with Gasteiger partial charge in [-0.15, -0.1) is 0 Å². The molecular formula is C19H24N4O. The SMILES string of the molecule is Cc1ccccc1CCNC(=O)C1CCN(c2cnccn2)CC1. The molecule has 0 radical (unpaired) electrons. The van der Waals surface area contributed by atoms with Crippen LogP contribution in [-0.2, 0) is 11.2 Å². The number of amides is 1. The van der Waals surface area contributed by atoms with Crippen molar-refractivity contribution in [1.82, 2.24) is 15.3 Å². The molecule has 0 unspecified atom stereocenters. The van der Waals surface area contributed by atoms with E-state index in [1.54, 1.807) is 18.6 Å². The number of carbonyl (C=O) groups is 1. The fourth-order valence-corrected chi connectivity index (χ4v) is 3.18. The molecule has 1 aliphatic heterocycles. The lowest BCUT2D eigenvalue weighted by atomic mass is 9.96. The van der Waals surface area contributed by atoms with Crippen LogP contribution in [0.2, 0.25) is 0 Å². The molecule has 2 heterocycles. The molecule has 2 aromatic rings. The molecule has 5 heteroatoms. The van der Waals surface area contributed by atoms with E-state index in [0.717, 1.165) is 38.2 Å². The van der Waals surface area contributed by atoms with Gasteiger partial charge in [0.1, 0.15) is 5.82 Å². The highest BCUT2D eigenvalue weighted by molar-refractivity contribution is 5.79. The van der Waals surface area contributed by atoms with Crippen molar-refractivity contribution in [1.29, 1.82) is 0 Å². The Morgan fingerprint density at radius 2 is 2.04 bits per heavy atom. The van der Waals surface area contributed by atoms with E-state index in [1.165, 1.54) is 11.1 Å². The van der Waals surface area contributed by atoms with Crippen LogP contribution in [0.15, 0.2) is 42.9 Å². The molecule has 24 heavy (non-hydrogen) atoms.